The molecule has 0 bridgehead atoms. The molecule has 0 amide bonds. The van der Waals surface area contributed by atoms with E-state index in [0.717, 1.165) is 9.80 Å². The highest BCUT2D eigenvalue weighted by Crippen LogP contribution is 2.47. The lowest BCUT2D eigenvalue weighted by Crippen LogP contribution is -2.18. The molecule has 0 saturated carbocycles. The number of hydrogen-bond donors (Lipinski definition) is 0. The van der Waals surface area contributed by atoms with Crippen LogP contribution >= 0.6 is 0 Å². The number of halogens is 10. The van der Waals surface area contributed by atoms with Crippen LogP contribution in [0.2, 0.25) is 0 Å². The molecular weight excluding hydrogens is 851 g/mol. The first-order chi connectivity index (χ1) is 30.7. The van der Waals surface area contributed by atoms with Gasteiger partial charge in [-0.2, -0.15) is 0 Å². The van der Waals surface area contributed by atoms with Crippen molar-refractivity contribution in [1.29, 1.82) is 0 Å². The molecule has 0 N–H and O–H groups in total. The normalized spacial score (nSPS) is 11.8. The summed E-state index contributed by atoms with van der Waals surface area (Å²) in [6.07, 6.45) is 0. The van der Waals surface area contributed by atoms with Crippen molar-refractivity contribution in [3.8, 4) is 11.1 Å². The largest absolute Gasteiger partial charge is 0.456 e. The van der Waals surface area contributed by atoms with E-state index < -0.39 is 69.5 Å². The molecule has 64 heavy (non-hydrogen) atoms. The minimum Gasteiger partial charge on any atom is -0.456 e. The Bertz CT molecular complexity index is 3290. The van der Waals surface area contributed by atoms with Crippen LogP contribution in [0.3, 0.4) is 0 Å². The quantitative estimate of drug-likeness (QED) is 0.0907. The zero-order chi connectivity index (χ0) is 44.9. The zero-order valence-electron chi connectivity index (χ0n) is 33.0. The van der Waals surface area contributed by atoms with Gasteiger partial charge in [-0.3, -0.25) is 0 Å². The third-order valence-electron chi connectivity index (χ3n) is 11.3. The van der Waals surface area contributed by atoms with Crippen molar-refractivity contribution in [2.45, 2.75) is 13.8 Å². The number of para-hydroxylation sites is 2. The lowest BCUT2D eigenvalue weighted by molar-refractivity contribution is 0.380. The van der Waals surface area contributed by atoms with E-state index >= 15 is 17.6 Å². The Morgan fingerprint density at radius 3 is 1.02 bits per heavy atom. The third-order valence-corrected chi connectivity index (χ3v) is 11.3. The number of hydrogen-bond acceptors (Lipinski definition) is 4. The van der Waals surface area contributed by atoms with Gasteiger partial charge in [0.15, 0.2) is 46.5 Å². The summed E-state index contributed by atoms with van der Waals surface area (Å²) < 4.78 is 163. The fourth-order valence-corrected chi connectivity index (χ4v) is 8.23. The maximum Gasteiger partial charge on any atom is 0.200 e. The van der Waals surface area contributed by atoms with Crippen LogP contribution in [0.15, 0.2) is 130 Å². The smallest absolute Gasteiger partial charge is 0.200 e. The van der Waals surface area contributed by atoms with Gasteiger partial charge in [-0.05, 0) is 109 Å². The maximum absolute atomic E-state index is 15.7. The highest BCUT2D eigenvalue weighted by atomic mass is 19.2. The maximum atomic E-state index is 15.7. The number of aryl methyl sites for hydroxylation is 2. The number of nitrogens with zero attached hydrogens (tertiary/aromatic N) is 2. The molecule has 0 spiro atoms. The molecule has 0 saturated heterocycles. The van der Waals surface area contributed by atoms with Gasteiger partial charge in [0, 0.05) is 44.3 Å². The summed E-state index contributed by atoms with van der Waals surface area (Å²) in [6.45, 7) is 3.12. The number of benzene rings is 8. The average molecular weight is 877 g/mol. The molecule has 10 aromatic rings. The predicted octanol–water partition coefficient (Wildman–Crippen LogP) is 16.1. The van der Waals surface area contributed by atoms with Crippen molar-refractivity contribution in [1.82, 2.24) is 0 Å². The lowest BCUT2D eigenvalue weighted by Gasteiger charge is -2.29. The van der Waals surface area contributed by atoms with Gasteiger partial charge in [0.05, 0.1) is 0 Å². The molecule has 0 radical (unpaired) electrons. The molecule has 10 rings (SSSR count). The van der Waals surface area contributed by atoms with E-state index in [-0.39, 0.29) is 22.7 Å². The number of rotatable bonds is 7. The van der Waals surface area contributed by atoms with Crippen LogP contribution < -0.4 is 9.80 Å². The van der Waals surface area contributed by atoms with Gasteiger partial charge in [0.2, 0.25) is 11.6 Å². The van der Waals surface area contributed by atoms with Crippen molar-refractivity contribution in [3.05, 3.63) is 191 Å². The SMILES string of the molecule is Cc1cc(-c2ccc(N(c3ccc4oc5ccccc5c4c3)c3c(F)c(F)c(F)c(F)c3F)c(C)c2)ccc1N(c1ccc2oc3ccccc3c2c1)c1c(F)c(F)c(F)c(F)c1F. The van der Waals surface area contributed by atoms with Crippen LogP contribution in [0.1, 0.15) is 11.1 Å². The van der Waals surface area contributed by atoms with Crippen LogP contribution in [0.25, 0.3) is 55.0 Å². The molecule has 4 nitrogen and oxygen atoms in total. The predicted molar refractivity (Wildman–Crippen MR) is 225 cm³/mol. The lowest BCUT2D eigenvalue weighted by atomic mass is 9.98. The molecule has 8 aromatic carbocycles. The third kappa shape index (κ3) is 6.15. The Labute approximate surface area is 355 Å². The van der Waals surface area contributed by atoms with E-state index in [1.165, 1.54) is 60.7 Å². The standard InChI is InChI=1S/C50H26F10N2O2/c1-23-19-25(11-15-33(23)61(49-45(57)41(53)39(51)42(54)46(49)58)27-13-17-37-31(21-27)29-7-3-5-9-35(29)63-37)26-12-16-34(24(2)20-26)62(50-47(59)43(55)40(52)44(56)48(50)60)28-14-18-38-32(22-28)30-8-4-6-10-36(30)64-38/h3-22H,1-2H3. The minimum absolute atomic E-state index is 0.0344. The van der Waals surface area contributed by atoms with E-state index in [0.29, 0.717) is 66.1 Å². The fraction of sp³-hybridized carbons (Fsp3) is 0.0400. The van der Waals surface area contributed by atoms with Gasteiger partial charge in [0.25, 0.3) is 0 Å². The molecule has 318 valence electrons. The highest BCUT2D eigenvalue weighted by Gasteiger charge is 2.34. The molecule has 0 aliphatic rings. The van der Waals surface area contributed by atoms with Gasteiger partial charge in [-0.1, -0.05) is 48.5 Å². The Morgan fingerprint density at radius 1 is 0.328 bits per heavy atom. The van der Waals surface area contributed by atoms with Crippen LogP contribution in [0.5, 0.6) is 0 Å². The van der Waals surface area contributed by atoms with Crippen molar-refractivity contribution in [2.75, 3.05) is 9.80 Å². The molecule has 0 aliphatic carbocycles. The Morgan fingerprint density at radius 2 is 0.656 bits per heavy atom. The zero-order valence-corrected chi connectivity index (χ0v) is 33.0. The minimum atomic E-state index is -2.32. The first-order valence-electron chi connectivity index (χ1n) is 19.4. The molecular formula is C50H26F10N2O2. The number of furan rings is 2. The van der Waals surface area contributed by atoms with Crippen molar-refractivity contribution in [2.24, 2.45) is 0 Å². The summed E-state index contributed by atoms with van der Waals surface area (Å²) in [5, 5.41) is 2.28. The summed E-state index contributed by atoms with van der Waals surface area (Å²) in [5.41, 5.74) is 1.06. The molecule has 0 fully saturated rings. The Balaban J connectivity index is 1.11. The fourth-order valence-electron chi connectivity index (χ4n) is 8.23. The molecule has 0 atom stereocenters. The second-order valence-electron chi connectivity index (χ2n) is 15.1. The molecule has 2 aromatic heterocycles. The second-order valence-corrected chi connectivity index (χ2v) is 15.1. The summed E-state index contributed by atoms with van der Waals surface area (Å²) in [5.74, 6) is -21.5. The molecule has 0 unspecified atom stereocenters. The van der Waals surface area contributed by atoms with Crippen LogP contribution in [0.4, 0.5) is 78.0 Å². The van der Waals surface area contributed by atoms with Gasteiger partial charge in [-0.15, -0.1) is 0 Å². The van der Waals surface area contributed by atoms with E-state index in [1.807, 2.05) is 0 Å². The second kappa shape index (κ2) is 15.0. The first-order valence-corrected chi connectivity index (χ1v) is 19.4. The molecule has 2 heterocycles. The van der Waals surface area contributed by atoms with Gasteiger partial charge in [0.1, 0.15) is 33.7 Å². The monoisotopic (exact) mass is 876 g/mol. The van der Waals surface area contributed by atoms with Crippen molar-refractivity contribution >= 4 is 78.0 Å². The number of fused-ring (bicyclic) bond motifs is 6. The summed E-state index contributed by atoms with van der Waals surface area (Å²) in [4.78, 5) is 1.85. The molecule has 14 heteroatoms. The van der Waals surface area contributed by atoms with Crippen LogP contribution in [-0.2, 0) is 0 Å². The average Bonchev–Trinajstić information content (AvgIpc) is 3.87. The van der Waals surface area contributed by atoms with E-state index in [9.17, 15) is 26.3 Å². The Kier molecular flexibility index (Phi) is 9.43. The summed E-state index contributed by atoms with van der Waals surface area (Å²) in [7, 11) is 0. The number of anilines is 6. The van der Waals surface area contributed by atoms with Crippen molar-refractivity contribution in [3.63, 3.8) is 0 Å². The summed E-state index contributed by atoms with van der Waals surface area (Å²) >= 11 is 0. The van der Waals surface area contributed by atoms with Crippen LogP contribution in [0, 0.1) is 72.0 Å². The highest BCUT2D eigenvalue weighted by molar-refractivity contribution is 6.07. The van der Waals surface area contributed by atoms with E-state index in [4.69, 9.17) is 8.83 Å². The topological polar surface area (TPSA) is 32.8 Å². The van der Waals surface area contributed by atoms with E-state index in [1.54, 1.807) is 74.5 Å². The van der Waals surface area contributed by atoms with Crippen LogP contribution in [-0.4, -0.2) is 0 Å². The van der Waals surface area contributed by atoms with E-state index in [2.05, 4.69) is 0 Å². The summed E-state index contributed by atoms with van der Waals surface area (Å²) in [6, 6.07) is 31.9. The molecule has 0 aliphatic heterocycles. The van der Waals surface area contributed by atoms with Crippen molar-refractivity contribution < 1.29 is 52.7 Å². The first kappa shape index (κ1) is 40.3. The van der Waals surface area contributed by atoms with Gasteiger partial charge >= 0.3 is 0 Å². The Hall–Kier alpha value is -7.74. The van der Waals surface area contributed by atoms with Gasteiger partial charge in [-0.25, -0.2) is 43.9 Å². The van der Waals surface area contributed by atoms with Gasteiger partial charge < -0.3 is 18.6 Å².